The van der Waals surface area contributed by atoms with E-state index in [4.69, 9.17) is 34.8 Å². The van der Waals surface area contributed by atoms with Crippen LogP contribution in [0.1, 0.15) is 29.5 Å². The number of hydrogen-bond acceptors (Lipinski definition) is 1. The first kappa shape index (κ1) is 14.4. The summed E-state index contributed by atoms with van der Waals surface area (Å²) in [5, 5.41) is 5.79. The van der Waals surface area contributed by atoms with Crippen molar-refractivity contribution in [2.24, 2.45) is 5.92 Å². The van der Waals surface area contributed by atoms with E-state index in [9.17, 15) is 0 Å². The Hall–Kier alpha value is -1.15. The third-order valence-electron chi connectivity index (χ3n) is 4.61. The molecule has 112 valence electrons. The lowest BCUT2D eigenvalue weighted by molar-refractivity contribution is 0.426. The zero-order valence-corrected chi connectivity index (χ0v) is 14.0. The van der Waals surface area contributed by atoms with E-state index in [1.807, 2.05) is 24.3 Å². The van der Waals surface area contributed by atoms with Crippen LogP contribution in [-0.4, -0.2) is 0 Å². The number of rotatable bonds is 1. The second-order valence-corrected chi connectivity index (χ2v) is 7.16. The summed E-state index contributed by atoms with van der Waals surface area (Å²) in [6, 6.07) is 12.1. The quantitative estimate of drug-likeness (QED) is 0.581. The van der Waals surface area contributed by atoms with Crippen molar-refractivity contribution in [3.8, 4) is 0 Å². The van der Waals surface area contributed by atoms with E-state index in [-0.39, 0.29) is 6.04 Å². The van der Waals surface area contributed by atoms with Crippen LogP contribution in [0.5, 0.6) is 0 Å². The van der Waals surface area contributed by atoms with Crippen LogP contribution in [0.25, 0.3) is 0 Å². The van der Waals surface area contributed by atoms with Gasteiger partial charge in [0.25, 0.3) is 0 Å². The minimum Gasteiger partial charge on any atom is -0.378 e. The molecule has 0 unspecified atom stereocenters. The normalized spacial score (nSPS) is 25.5. The third kappa shape index (κ3) is 2.32. The molecule has 4 heteroatoms. The fraction of sp³-hybridized carbons (Fsp3) is 0.222. The van der Waals surface area contributed by atoms with E-state index >= 15 is 0 Å². The second kappa shape index (κ2) is 5.49. The predicted octanol–water partition coefficient (Wildman–Crippen LogP) is 6.47. The van der Waals surface area contributed by atoms with Crippen molar-refractivity contribution in [1.29, 1.82) is 0 Å². The summed E-state index contributed by atoms with van der Waals surface area (Å²) < 4.78 is 0. The molecular weight excluding hydrogens is 337 g/mol. The van der Waals surface area contributed by atoms with Gasteiger partial charge in [0.15, 0.2) is 0 Å². The number of hydrogen-bond donors (Lipinski definition) is 1. The lowest BCUT2D eigenvalue weighted by Gasteiger charge is -2.38. The molecule has 0 saturated heterocycles. The van der Waals surface area contributed by atoms with Crippen LogP contribution >= 0.6 is 34.8 Å². The van der Waals surface area contributed by atoms with E-state index in [0.29, 0.717) is 16.9 Å². The Morgan fingerprint density at radius 1 is 0.955 bits per heavy atom. The summed E-state index contributed by atoms with van der Waals surface area (Å²) >= 11 is 18.6. The highest BCUT2D eigenvalue weighted by atomic mass is 35.5. The molecule has 2 aliphatic rings. The van der Waals surface area contributed by atoms with Crippen LogP contribution in [0, 0.1) is 5.92 Å². The highest BCUT2D eigenvalue weighted by Gasteiger charge is 2.39. The van der Waals surface area contributed by atoms with E-state index in [1.54, 1.807) is 0 Å². The molecule has 1 nitrogen and oxygen atoms in total. The van der Waals surface area contributed by atoms with Gasteiger partial charge < -0.3 is 5.32 Å². The molecule has 3 atom stereocenters. The molecule has 0 aromatic heterocycles. The SMILES string of the molecule is Clc1ccc([C@@H]2Nc3cc(Cl)cc(Cl)c3[C@@H]3C=CC[C@H]32)cc1. The number of benzene rings is 2. The average Bonchev–Trinajstić information content (AvgIpc) is 2.95. The largest absolute Gasteiger partial charge is 0.378 e. The minimum atomic E-state index is 0.235. The van der Waals surface area contributed by atoms with Gasteiger partial charge >= 0.3 is 0 Å². The molecule has 1 heterocycles. The molecule has 0 fully saturated rings. The molecule has 22 heavy (non-hydrogen) atoms. The van der Waals surface area contributed by atoms with Crippen molar-refractivity contribution in [2.45, 2.75) is 18.4 Å². The zero-order valence-electron chi connectivity index (χ0n) is 11.7. The molecule has 1 N–H and O–H groups in total. The number of halogens is 3. The zero-order chi connectivity index (χ0) is 15.3. The first-order valence-electron chi connectivity index (χ1n) is 7.31. The molecule has 2 aromatic rings. The van der Waals surface area contributed by atoms with Crippen LogP contribution in [-0.2, 0) is 0 Å². The van der Waals surface area contributed by atoms with Crippen molar-refractivity contribution in [2.75, 3.05) is 5.32 Å². The molecule has 1 aliphatic carbocycles. The van der Waals surface area contributed by atoms with Crippen LogP contribution in [0.4, 0.5) is 5.69 Å². The first-order chi connectivity index (χ1) is 10.6. The highest BCUT2D eigenvalue weighted by Crippen LogP contribution is 2.52. The van der Waals surface area contributed by atoms with Gasteiger partial charge in [-0.15, -0.1) is 0 Å². The van der Waals surface area contributed by atoms with Gasteiger partial charge in [-0.1, -0.05) is 59.1 Å². The van der Waals surface area contributed by atoms with Crippen molar-refractivity contribution in [3.63, 3.8) is 0 Å². The van der Waals surface area contributed by atoms with Gasteiger partial charge in [-0.2, -0.15) is 0 Å². The van der Waals surface area contributed by atoms with Crippen LogP contribution < -0.4 is 5.32 Å². The maximum Gasteiger partial charge on any atom is 0.0553 e. The Labute approximate surface area is 144 Å². The van der Waals surface area contributed by atoms with Gasteiger partial charge in [0, 0.05) is 32.2 Å². The summed E-state index contributed by atoms with van der Waals surface area (Å²) in [6.07, 6.45) is 5.57. The standard InChI is InChI=1S/C18H14Cl3N/c19-11-6-4-10(5-7-11)18-14-3-1-2-13(14)17-15(21)8-12(20)9-16(17)22-18/h1-2,4-9,13-14,18,22H,3H2/t13-,14-,18+/m1/s1. The fourth-order valence-corrected chi connectivity index (χ4v) is 4.39. The maximum atomic E-state index is 6.45. The topological polar surface area (TPSA) is 12.0 Å². The molecule has 0 spiro atoms. The second-order valence-electron chi connectivity index (χ2n) is 5.88. The van der Waals surface area contributed by atoms with Gasteiger partial charge in [0.2, 0.25) is 0 Å². The Balaban J connectivity index is 1.82. The van der Waals surface area contributed by atoms with E-state index in [2.05, 4.69) is 29.6 Å². The summed E-state index contributed by atoms with van der Waals surface area (Å²) in [6.45, 7) is 0. The Morgan fingerprint density at radius 3 is 2.50 bits per heavy atom. The number of nitrogens with one attached hydrogen (secondary N) is 1. The lowest BCUT2D eigenvalue weighted by Crippen LogP contribution is -2.29. The monoisotopic (exact) mass is 349 g/mol. The van der Waals surface area contributed by atoms with Gasteiger partial charge in [0.05, 0.1) is 6.04 Å². The van der Waals surface area contributed by atoms with E-state index in [1.165, 1.54) is 5.56 Å². The summed E-state index contributed by atoms with van der Waals surface area (Å²) in [7, 11) is 0. The Bertz CT molecular complexity index is 752. The summed E-state index contributed by atoms with van der Waals surface area (Å²) in [5.41, 5.74) is 3.44. The number of fused-ring (bicyclic) bond motifs is 3. The molecule has 1 aliphatic heterocycles. The van der Waals surface area contributed by atoms with Crippen molar-refractivity contribution >= 4 is 40.5 Å². The highest BCUT2D eigenvalue weighted by molar-refractivity contribution is 6.35. The number of allylic oxidation sites excluding steroid dienone is 2. The van der Waals surface area contributed by atoms with E-state index < -0.39 is 0 Å². The summed E-state index contributed by atoms with van der Waals surface area (Å²) in [4.78, 5) is 0. The Morgan fingerprint density at radius 2 is 1.73 bits per heavy atom. The van der Waals surface area contributed by atoms with Crippen molar-refractivity contribution in [3.05, 3.63) is 74.7 Å². The summed E-state index contributed by atoms with van der Waals surface area (Å²) in [5.74, 6) is 0.800. The van der Waals surface area contributed by atoms with Crippen molar-refractivity contribution in [1.82, 2.24) is 0 Å². The van der Waals surface area contributed by atoms with Gasteiger partial charge in [-0.3, -0.25) is 0 Å². The predicted molar refractivity (Wildman–Crippen MR) is 94.3 cm³/mol. The molecule has 4 rings (SSSR count). The molecule has 0 saturated carbocycles. The Kier molecular flexibility index (Phi) is 3.60. The minimum absolute atomic E-state index is 0.235. The van der Waals surface area contributed by atoms with E-state index in [0.717, 1.165) is 27.7 Å². The van der Waals surface area contributed by atoms with Gasteiger partial charge in [0.1, 0.15) is 0 Å². The molecule has 0 bridgehead atoms. The molecule has 0 amide bonds. The van der Waals surface area contributed by atoms with Crippen LogP contribution in [0.3, 0.4) is 0 Å². The lowest BCUT2D eigenvalue weighted by atomic mass is 9.77. The van der Waals surface area contributed by atoms with Crippen LogP contribution in [0.15, 0.2) is 48.6 Å². The molecule has 2 aromatic carbocycles. The fourth-order valence-electron chi connectivity index (χ4n) is 3.64. The number of anilines is 1. The molecular formula is C18H14Cl3N. The maximum absolute atomic E-state index is 6.45. The van der Waals surface area contributed by atoms with Crippen LogP contribution in [0.2, 0.25) is 15.1 Å². The van der Waals surface area contributed by atoms with Gasteiger partial charge in [-0.05, 0) is 42.2 Å². The van der Waals surface area contributed by atoms with Gasteiger partial charge in [-0.25, -0.2) is 0 Å². The average molecular weight is 351 g/mol. The van der Waals surface area contributed by atoms with Crippen molar-refractivity contribution < 1.29 is 0 Å². The molecule has 0 radical (unpaired) electrons. The third-order valence-corrected chi connectivity index (χ3v) is 5.39. The smallest absolute Gasteiger partial charge is 0.0553 e. The first-order valence-corrected chi connectivity index (χ1v) is 8.44.